The van der Waals surface area contributed by atoms with E-state index in [-0.39, 0.29) is 5.92 Å². The van der Waals surface area contributed by atoms with Crippen LogP contribution >= 0.6 is 0 Å². The van der Waals surface area contributed by atoms with E-state index in [1.165, 1.54) is 19.4 Å². The third-order valence-electron chi connectivity index (χ3n) is 5.76. The summed E-state index contributed by atoms with van der Waals surface area (Å²) in [5, 5.41) is 0. The molecular formula is C24H28O6. The van der Waals surface area contributed by atoms with Crippen LogP contribution in [0.25, 0.3) is 0 Å². The second kappa shape index (κ2) is 8.78. The first-order valence-electron chi connectivity index (χ1n) is 10.1. The highest BCUT2D eigenvalue weighted by molar-refractivity contribution is 5.72. The topological polar surface area (TPSA) is 71.1 Å². The summed E-state index contributed by atoms with van der Waals surface area (Å²) in [6.07, 6.45) is 0.976. The zero-order chi connectivity index (χ0) is 22.0. The predicted molar refractivity (Wildman–Crippen MR) is 113 cm³/mol. The molecule has 0 heterocycles. The average molecular weight is 412 g/mol. The summed E-state index contributed by atoms with van der Waals surface area (Å²) in [7, 11) is 3.13. The monoisotopic (exact) mass is 412 g/mol. The molecule has 1 aliphatic carbocycles. The van der Waals surface area contributed by atoms with Gasteiger partial charge in [-0.2, -0.15) is 0 Å². The van der Waals surface area contributed by atoms with Crippen LogP contribution in [0, 0.1) is 5.92 Å². The predicted octanol–water partition coefficient (Wildman–Crippen LogP) is 4.83. The maximum Gasteiger partial charge on any atom is 0.308 e. The molecule has 0 saturated carbocycles. The van der Waals surface area contributed by atoms with Crippen LogP contribution in [-0.4, -0.2) is 26.2 Å². The quantitative estimate of drug-likeness (QED) is 0.500. The van der Waals surface area contributed by atoms with Crippen molar-refractivity contribution in [3.05, 3.63) is 47.0 Å². The van der Waals surface area contributed by atoms with Crippen molar-refractivity contribution in [2.75, 3.05) is 14.2 Å². The molecule has 3 atom stereocenters. The minimum absolute atomic E-state index is 0.0745. The van der Waals surface area contributed by atoms with Crippen molar-refractivity contribution in [3.63, 3.8) is 0 Å². The lowest BCUT2D eigenvalue weighted by atomic mass is 9.83. The van der Waals surface area contributed by atoms with Crippen molar-refractivity contribution >= 4 is 11.9 Å². The zero-order valence-corrected chi connectivity index (χ0v) is 18.3. The van der Waals surface area contributed by atoms with Crippen LogP contribution < -0.4 is 18.9 Å². The molecule has 1 aliphatic rings. The van der Waals surface area contributed by atoms with E-state index in [4.69, 9.17) is 18.9 Å². The van der Waals surface area contributed by atoms with Gasteiger partial charge in [-0.05, 0) is 59.2 Å². The highest BCUT2D eigenvalue weighted by Crippen LogP contribution is 2.54. The third kappa shape index (κ3) is 3.99. The van der Waals surface area contributed by atoms with Gasteiger partial charge >= 0.3 is 11.9 Å². The molecule has 0 spiro atoms. The van der Waals surface area contributed by atoms with Crippen LogP contribution in [0.4, 0.5) is 0 Å². The molecule has 2 aromatic carbocycles. The summed E-state index contributed by atoms with van der Waals surface area (Å²) in [5.41, 5.74) is 3.35. The summed E-state index contributed by atoms with van der Waals surface area (Å²) in [4.78, 5) is 23.0. The lowest BCUT2D eigenvalue weighted by Crippen LogP contribution is -2.10. The van der Waals surface area contributed by atoms with Gasteiger partial charge in [-0.3, -0.25) is 9.59 Å². The van der Waals surface area contributed by atoms with Gasteiger partial charge in [-0.1, -0.05) is 19.9 Å². The molecule has 0 saturated heterocycles. The maximum atomic E-state index is 11.6. The number of fused-ring (bicyclic) bond motifs is 1. The van der Waals surface area contributed by atoms with Gasteiger partial charge < -0.3 is 18.9 Å². The summed E-state index contributed by atoms with van der Waals surface area (Å²) in [6.45, 7) is 7.13. The first-order valence-corrected chi connectivity index (χ1v) is 10.1. The number of methoxy groups -OCH3 is 2. The highest BCUT2D eigenvalue weighted by atomic mass is 16.6. The van der Waals surface area contributed by atoms with E-state index in [0.29, 0.717) is 34.8 Å². The Kier molecular flexibility index (Phi) is 6.34. The second-order valence-electron chi connectivity index (χ2n) is 7.58. The maximum absolute atomic E-state index is 11.6. The lowest BCUT2D eigenvalue weighted by molar-refractivity contribution is -0.132. The molecule has 0 bridgehead atoms. The molecule has 30 heavy (non-hydrogen) atoms. The first-order chi connectivity index (χ1) is 14.3. The fourth-order valence-electron chi connectivity index (χ4n) is 4.57. The van der Waals surface area contributed by atoms with Crippen molar-refractivity contribution in [1.29, 1.82) is 0 Å². The molecule has 3 rings (SSSR count). The van der Waals surface area contributed by atoms with Gasteiger partial charge in [0, 0.05) is 19.8 Å². The highest BCUT2D eigenvalue weighted by Gasteiger charge is 2.39. The minimum Gasteiger partial charge on any atom is -0.493 e. The number of esters is 2. The number of hydrogen-bond donors (Lipinski definition) is 0. The van der Waals surface area contributed by atoms with Crippen LogP contribution in [0.5, 0.6) is 23.0 Å². The van der Waals surface area contributed by atoms with E-state index in [1.807, 2.05) is 24.3 Å². The summed E-state index contributed by atoms with van der Waals surface area (Å²) in [5.74, 6) is 1.80. The third-order valence-corrected chi connectivity index (χ3v) is 5.76. The van der Waals surface area contributed by atoms with Crippen molar-refractivity contribution < 1.29 is 28.5 Å². The van der Waals surface area contributed by atoms with Crippen molar-refractivity contribution in [1.82, 2.24) is 0 Å². The van der Waals surface area contributed by atoms with Crippen LogP contribution in [0.15, 0.2) is 30.3 Å². The normalized spacial score (nSPS) is 19.7. The first kappa shape index (κ1) is 21.7. The van der Waals surface area contributed by atoms with Crippen molar-refractivity contribution in [3.8, 4) is 23.0 Å². The van der Waals surface area contributed by atoms with Crippen LogP contribution in [0.1, 0.15) is 62.6 Å². The number of carbonyl (C=O) groups is 2. The Bertz CT molecular complexity index is 964. The van der Waals surface area contributed by atoms with Crippen molar-refractivity contribution in [2.45, 2.75) is 46.0 Å². The van der Waals surface area contributed by atoms with E-state index in [0.717, 1.165) is 17.5 Å². The van der Waals surface area contributed by atoms with E-state index < -0.39 is 11.9 Å². The molecule has 0 fully saturated rings. The van der Waals surface area contributed by atoms with Gasteiger partial charge in [0.05, 0.1) is 14.2 Å². The number of carbonyl (C=O) groups excluding carboxylic acids is 2. The SMILES string of the molecule is CC[C@@H]1c2cc(OC)c(OC(C)=O)cc2[C@H](c2ccc(OC(C)=O)c(OC)c2)[C@@H]1C. The minimum atomic E-state index is -0.398. The Morgan fingerprint density at radius 1 is 0.833 bits per heavy atom. The molecule has 6 nitrogen and oxygen atoms in total. The van der Waals surface area contributed by atoms with E-state index in [2.05, 4.69) is 13.8 Å². The number of ether oxygens (including phenoxy) is 4. The van der Waals surface area contributed by atoms with Gasteiger partial charge in [0.25, 0.3) is 0 Å². The van der Waals surface area contributed by atoms with Gasteiger partial charge in [0.2, 0.25) is 0 Å². The van der Waals surface area contributed by atoms with E-state index in [9.17, 15) is 9.59 Å². The molecule has 160 valence electrons. The molecule has 0 unspecified atom stereocenters. The van der Waals surface area contributed by atoms with Crippen LogP contribution in [0.2, 0.25) is 0 Å². The number of rotatable bonds is 6. The largest absolute Gasteiger partial charge is 0.493 e. The Morgan fingerprint density at radius 3 is 1.97 bits per heavy atom. The lowest BCUT2D eigenvalue weighted by Gasteiger charge is -2.22. The molecular weight excluding hydrogens is 384 g/mol. The summed E-state index contributed by atoms with van der Waals surface area (Å²) >= 11 is 0. The number of benzene rings is 2. The molecule has 2 aromatic rings. The Balaban J connectivity index is 2.13. The summed E-state index contributed by atoms with van der Waals surface area (Å²) in [6, 6.07) is 9.54. The van der Waals surface area contributed by atoms with Gasteiger partial charge in [0.1, 0.15) is 0 Å². The fraction of sp³-hybridized carbons (Fsp3) is 0.417. The molecule has 0 N–H and O–H groups in total. The molecule has 0 aliphatic heterocycles. The van der Waals surface area contributed by atoms with Crippen molar-refractivity contribution in [2.24, 2.45) is 5.92 Å². The average Bonchev–Trinajstić information content (AvgIpc) is 2.97. The molecule has 0 aromatic heterocycles. The second-order valence-corrected chi connectivity index (χ2v) is 7.58. The Morgan fingerprint density at radius 2 is 1.40 bits per heavy atom. The van der Waals surface area contributed by atoms with Gasteiger partial charge in [0.15, 0.2) is 23.0 Å². The molecule has 0 amide bonds. The van der Waals surface area contributed by atoms with Gasteiger partial charge in [-0.15, -0.1) is 0 Å². The Hall–Kier alpha value is -3.02. The van der Waals surface area contributed by atoms with Crippen LogP contribution in [0.3, 0.4) is 0 Å². The smallest absolute Gasteiger partial charge is 0.308 e. The molecule has 0 radical (unpaired) electrons. The van der Waals surface area contributed by atoms with E-state index >= 15 is 0 Å². The zero-order valence-electron chi connectivity index (χ0n) is 18.3. The standard InChI is InChI=1S/C24H28O6/c1-7-17-13(2)24(16-8-9-20(29-14(3)25)21(10-16)27-5)19-12-23(30-15(4)26)22(28-6)11-18(17)19/h8-13,17,24H,7H2,1-6H3/t13-,17+,24+/m1/s1. The van der Waals surface area contributed by atoms with E-state index in [1.54, 1.807) is 20.3 Å². The Labute approximate surface area is 177 Å². The number of hydrogen-bond acceptors (Lipinski definition) is 6. The van der Waals surface area contributed by atoms with Crippen LogP contribution in [-0.2, 0) is 9.59 Å². The summed E-state index contributed by atoms with van der Waals surface area (Å²) < 4.78 is 21.6. The van der Waals surface area contributed by atoms with Gasteiger partial charge in [-0.25, -0.2) is 0 Å². The fourth-order valence-corrected chi connectivity index (χ4v) is 4.57. The molecule has 6 heteroatoms.